The van der Waals surface area contributed by atoms with Crippen LogP contribution in [0.5, 0.6) is 11.5 Å². The van der Waals surface area contributed by atoms with Crippen molar-refractivity contribution in [2.24, 2.45) is 0 Å². The average molecular weight is 309 g/mol. The summed E-state index contributed by atoms with van der Waals surface area (Å²) in [5.41, 5.74) is 1.08. The van der Waals surface area contributed by atoms with Crippen molar-refractivity contribution in [2.45, 2.75) is 26.4 Å². The normalized spacial score (nSPS) is 12.1. The van der Waals surface area contributed by atoms with Crippen LogP contribution < -0.4 is 10.1 Å². The third-order valence-electron chi connectivity index (χ3n) is 3.48. The van der Waals surface area contributed by atoms with E-state index in [0.717, 1.165) is 17.1 Å². The zero-order chi connectivity index (χ0) is 16.1. The van der Waals surface area contributed by atoms with Crippen LogP contribution in [-0.4, -0.2) is 10.2 Å². The Hall–Kier alpha value is -2.66. The lowest BCUT2D eigenvalue weighted by Crippen LogP contribution is -2.18. The van der Waals surface area contributed by atoms with E-state index in [4.69, 9.17) is 9.15 Å². The van der Waals surface area contributed by atoms with Gasteiger partial charge < -0.3 is 14.5 Å². The van der Waals surface area contributed by atoms with Crippen molar-refractivity contribution in [2.75, 3.05) is 0 Å². The maximum atomic E-state index is 6.00. The molecule has 0 saturated carbocycles. The van der Waals surface area contributed by atoms with Crippen molar-refractivity contribution >= 4 is 0 Å². The Balaban J connectivity index is 1.71. The van der Waals surface area contributed by atoms with Gasteiger partial charge in [-0.25, -0.2) is 0 Å². The maximum Gasteiger partial charge on any atom is 0.230 e. The standard InChI is InChI=1S/C18H19N3O2/c1-13(19-12-18-21-20-14(2)22-18)16-10-6-7-11-17(16)23-15-8-4-3-5-9-15/h3-11,13,19H,12H2,1-2H3. The van der Waals surface area contributed by atoms with Crippen molar-refractivity contribution < 1.29 is 9.15 Å². The smallest absolute Gasteiger partial charge is 0.230 e. The van der Waals surface area contributed by atoms with Gasteiger partial charge in [-0.2, -0.15) is 0 Å². The summed E-state index contributed by atoms with van der Waals surface area (Å²) in [4.78, 5) is 0. The highest BCUT2D eigenvalue weighted by molar-refractivity contribution is 5.39. The van der Waals surface area contributed by atoms with Crippen LogP contribution in [-0.2, 0) is 6.54 Å². The van der Waals surface area contributed by atoms with E-state index in [1.807, 2.05) is 48.5 Å². The van der Waals surface area contributed by atoms with Crippen molar-refractivity contribution in [3.05, 3.63) is 71.9 Å². The number of para-hydroxylation sites is 2. The number of ether oxygens (including phenoxy) is 1. The molecule has 1 N–H and O–H groups in total. The van der Waals surface area contributed by atoms with E-state index < -0.39 is 0 Å². The summed E-state index contributed by atoms with van der Waals surface area (Å²) >= 11 is 0. The minimum Gasteiger partial charge on any atom is -0.457 e. The van der Waals surface area contributed by atoms with Gasteiger partial charge in [-0.15, -0.1) is 10.2 Å². The van der Waals surface area contributed by atoms with Crippen LogP contribution in [0, 0.1) is 6.92 Å². The molecule has 5 heteroatoms. The monoisotopic (exact) mass is 309 g/mol. The largest absolute Gasteiger partial charge is 0.457 e. The Kier molecular flexibility index (Phi) is 4.68. The van der Waals surface area contributed by atoms with Gasteiger partial charge in [0.1, 0.15) is 11.5 Å². The quantitative estimate of drug-likeness (QED) is 0.745. The summed E-state index contributed by atoms with van der Waals surface area (Å²) < 4.78 is 11.4. The molecule has 3 rings (SSSR count). The Morgan fingerprint density at radius 2 is 1.78 bits per heavy atom. The van der Waals surface area contributed by atoms with Gasteiger partial charge in [0.2, 0.25) is 11.8 Å². The summed E-state index contributed by atoms with van der Waals surface area (Å²) in [6.45, 7) is 4.38. The van der Waals surface area contributed by atoms with Crippen LogP contribution in [0.4, 0.5) is 0 Å². The van der Waals surface area contributed by atoms with Gasteiger partial charge in [0, 0.05) is 18.5 Å². The minimum atomic E-state index is 0.0853. The van der Waals surface area contributed by atoms with E-state index in [2.05, 4.69) is 28.5 Å². The van der Waals surface area contributed by atoms with Gasteiger partial charge in [-0.05, 0) is 25.1 Å². The van der Waals surface area contributed by atoms with Gasteiger partial charge in [0.15, 0.2) is 0 Å². The van der Waals surface area contributed by atoms with Crippen molar-refractivity contribution in [3.63, 3.8) is 0 Å². The topological polar surface area (TPSA) is 60.2 Å². The van der Waals surface area contributed by atoms with Gasteiger partial charge in [-0.1, -0.05) is 36.4 Å². The second kappa shape index (κ2) is 7.07. The highest BCUT2D eigenvalue weighted by Gasteiger charge is 2.13. The van der Waals surface area contributed by atoms with E-state index in [0.29, 0.717) is 18.3 Å². The first kappa shape index (κ1) is 15.2. The third-order valence-corrected chi connectivity index (χ3v) is 3.48. The van der Waals surface area contributed by atoms with Gasteiger partial charge >= 0.3 is 0 Å². The summed E-state index contributed by atoms with van der Waals surface area (Å²) in [5.74, 6) is 2.80. The van der Waals surface area contributed by atoms with Gasteiger partial charge in [0.25, 0.3) is 0 Å². The summed E-state index contributed by atoms with van der Waals surface area (Å²) in [6.07, 6.45) is 0. The number of hydrogen-bond donors (Lipinski definition) is 1. The molecule has 0 radical (unpaired) electrons. The summed E-state index contributed by atoms with van der Waals surface area (Å²) in [6, 6.07) is 17.8. The number of benzene rings is 2. The predicted molar refractivity (Wildman–Crippen MR) is 87.2 cm³/mol. The minimum absolute atomic E-state index is 0.0853. The van der Waals surface area contributed by atoms with Crippen molar-refractivity contribution in [1.82, 2.24) is 15.5 Å². The Morgan fingerprint density at radius 1 is 1.04 bits per heavy atom. The van der Waals surface area contributed by atoms with Crippen LogP contribution in [0.15, 0.2) is 59.0 Å². The zero-order valence-electron chi connectivity index (χ0n) is 13.2. The fraction of sp³-hybridized carbons (Fsp3) is 0.222. The molecule has 0 fully saturated rings. The molecule has 0 spiro atoms. The molecule has 0 saturated heterocycles. The third kappa shape index (κ3) is 3.96. The molecule has 2 aromatic carbocycles. The van der Waals surface area contributed by atoms with Crippen LogP contribution in [0.3, 0.4) is 0 Å². The molecular formula is C18H19N3O2. The van der Waals surface area contributed by atoms with E-state index in [-0.39, 0.29) is 6.04 Å². The van der Waals surface area contributed by atoms with E-state index in [9.17, 15) is 0 Å². The Labute approximate surface area is 135 Å². The molecule has 5 nitrogen and oxygen atoms in total. The fourth-order valence-corrected chi connectivity index (χ4v) is 2.31. The Morgan fingerprint density at radius 3 is 2.52 bits per heavy atom. The van der Waals surface area contributed by atoms with Crippen molar-refractivity contribution in [3.8, 4) is 11.5 Å². The number of aryl methyl sites for hydroxylation is 1. The molecule has 1 heterocycles. The molecule has 118 valence electrons. The SMILES string of the molecule is Cc1nnc(CNC(C)c2ccccc2Oc2ccccc2)o1. The number of nitrogens with one attached hydrogen (secondary N) is 1. The molecule has 1 atom stereocenters. The van der Waals surface area contributed by atoms with Gasteiger partial charge in [0.05, 0.1) is 6.54 Å². The molecular weight excluding hydrogens is 290 g/mol. The fourth-order valence-electron chi connectivity index (χ4n) is 2.31. The molecule has 1 unspecified atom stereocenters. The van der Waals surface area contributed by atoms with E-state index in [1.165, 1.54) is 0 Å². The average Bonchev–Trinajstić information content (AvgIpc) is 3.00. The molecule has 0 aliphatic heterocycles. The molecule has 0 bridgehead atoms. The highest BCUT2D eigenvalue weighted by atomic mass is 16.5. The molecule has 3 aromatic rings. The lowest BCUT2D eigenvalue weighted by atomic mass is 10.1. The van der Waals surface area contributed by atoms with E-state index in [1.54, 1.807) is 6.92 Å². The first-order valence-corrected chi connectivity index (χ1v) is 7.56. The van der Waals surface area contributed by atoms with Crippen molar-refractivity contribution in [1.29, 1.82) is 0 Å². The van der Waals surface area contributed by atoms with Gasteiger partial charge in [-0.3, -0.25) is 0 Å². The molecule has 0 aliphatic rings. The van der Waals surface area contributed by atoms with Crippen LogP contribution in [0.25, 0.3) is 0 Å². The molecule has 0 aliphatic carbocycles. The number of rotatable bonds is 6. The molecule has 23 heavy (non-hydrogen) atoms. The zero-order valence-corrected chi connectivity index (χ0v) is 13.2. The lowest BCUT2D eigenvalue weighted by Gasteiger charge is -2.17. The van der Waals surface area contributed by atoms with E-state index >= 15 is 0 Å². The first-order chi connectivity index (χ1) is 11.2. The predicted octanol–water partition coefficient (Wildman–Crippen LogP) is 4.02. The second-order valence-corrected chi connectivity index (χ2v) is 5.27. The van der Waals surface area contributed by atoms with Crippen LogP contribution in [0.2, 0.25) is 0 Å². The molecule has 1 aromatic heterocycles. The second-order valence-electron chi connectivity index (χ2n) is 5.27. The highest BCUT2D eigenvalue weighted by Crippen LogP contribution is 2.29. The molecule has 0 amide bonds. The number of nitrogens with zero attached hydrogens (tertiary/aromatic N) is 2. The lowest BCUT2D eigenvalue weighted by molar-refractivity contribution is 0.421. The van der Waals surface area contributed by atoms with Crippen LogP contribution in [0.1, 0.15) is 30.3 Å². The summed E-state index contributed by atoms with van der Waals surface area (Å²) in [5, 5.41) is 11.2. The summed E-state index contributed by atoms with van der Waals surface area (Å²) in [7, 11) is 0. The Bertz CT molecular complexity index is 756. The first-order valence-electron chi connectivity index (χ1n) is 7.56. The van der Waals surface area contributed by atoms with Crippen LogP contribution >= 0.6 is 0 Å². The number of hydrogen-bond acceptors (Lipinski definition) is 5. The number of aromatic nitrogens is 2. The maximum absolute atomic E-state index is 6.00.